The van der Waals surface area contributed by atoms with Gasteiger partial charge in [0.05, 0.1) is 5.75 Å². The van der Waals surface area contributed by atoms with E-state index in [1.165, 1.54) is 11.1 Å². The third-order valence-electron chi connectivity index (χ3n) is 3.08. The molecule has 0 aromatic heterocycles. The second-order valence-electron chi connectivity index (χ2n) is 4.61. The number of thioether (sulfide) groups is 1. The number of piperazine rings is 1. The van der Waals surface area contributed by atoms with Crippen molar-refractivity contribution >= 4 is 17.7 Å². The van der Waals surface area contributed by atoms with Crippen LogP contribution in [0.4, 0.5) is 0 Å². The third kappa shape index (κ3) is 4.03. The molecule has 1 fully saturated rings. The van der Waals surface area contributed by atoms with Crippen molar-refractivity contribution in [3.8, 4) is 0 Å². The maximum atomic E-state index is 11.9. The highest BCUT2D eigenvalue weighted by Crippen LogP contribution is 2.13. The Morgan fingerprint density at radius 3 is 2.61 bits per heavy atom. The fraction of sp³-hybridized carbons (Fsp3) is 0.500. The summed E-state index contributed by atoms with van der Waals surface area (Å²) in [5.74, 6) is 1.78. The highest BCUT2D eigenvalue weighted by Gasteiger charge is 2.15. The van der Waals surface area contributed by atoms with E-state index in [1.54, 1.807) is 11.8 Å². The van der Waals surface area contributed by atoms with Crippen LogP contribution in [-0.2, 0) is 10.5 Å². The fourth-order valence-electron chi connectivity index (χ4n) is 1.95. The topological polar surface area (TPSA) is 32.3 Å². The molecule has 1 saturated heterocycles. The number of aryl methyl sites for hydroxylation is 1. The van der Waals surface area contributed by atoms with Gasteiger partial charge in [-0.3, -0.25) is 4.79 Å². The Balaban J connectivity index is 1.71. The van der Waals surface area contributed by atoms with E-state index in [-0.39, 0.29) is 5.91 Å². The van der Waals surface area contributed by atoms with Gasteiger partial charge in [-0.05, 0) is 12.5 Å². The molecule has 4 heteroatoms. The normalized spacial score (nSPS) is 15.7. The van der Waals surface area contributed by atoms with Crippen LogP contribution >= 0.6 is 11.8 Å². The van der Waals surface area contributed by atoms with Gasteiger partial charge in [0.25, 0.3) is 0 Å². The molecule has 0 bridgehead atoms. The SMILES string of the molecule is Cc1ccc(CSCC(=O)N2CCNCC2)cc1. The molecule has 0 radical (unpaired) electrons. The molecule has 1 aliphatic heterocycles. The van der Waals surface area contributed by atoms with Gasteiger partial charge in [-0.2, -0.15) is 0 Å². The van der Waals surface area contributed by atoms with Crippen LogP contribution in [0, 0.1) is 6.92 Å². The van der Waals surface area contributed by atoms with E-state index in [2.05, 4.69) is 36.5 Å². The van der Waals surface area contributed by atoms with Crippen LogP contribution in [0.15, 0.2) is 24.3 Å². The van der Waals surface area contributed by atoms with E-state index in [0.29, 0.717) is 5.75 Å². The molecule has 98 valence electrons. The molecule has 18 heavy (non-hydrogen) atoms. The van der Waals surface area contributed by atoms with Crippen molar-refractivity contribution in [3.63, 3.8) is 0 Å². The van der Waals surface area contributed by atoms with Gasteiger partial charge in [0, 0.05) is 31.9 Å². The molecular formula is C14H20N2OS. The van der Waals surface area contributed by atoms with Crippen LogP contribution in [0.2, 0.25) is 0 Å². The molecule has 2 rings (SSSR count). The Bertz CT molecular complexity index is 385. The highest BCUT2D eigenvalue weighted by atomic mass is 32.2. The first kappa shape index (κ1) is 13.4. The smallest absolute Gasteiger partial charge is 0.232 e. The summed E-state index contributed by atoms with van der Waals surface area (Å²) < 4.78 is 0. The van der Waals surface area contributed by atoms with Crippen molar-refractivity contribution in [1.82, 2.24) is 10.2 Å². The molecule has 0 unspecified atom stereocenters. The summed E-state index contributed by atoms with van der Waals surface area (Å²) >= 11 is 1.70. The summed E-state index contributed by atoms with van der Waals surface area (Å²) in [6, 6.07) is 8.51. The molecule has 1 N–H and O–H groups in total. The van der Waals surface area contributed by atoms with Gasteiger partial charge in [0.2, 0.25) is 5.91 Å². The number of hydrogen-bond donors (Lipinski definition) is 1. The summed E-state index contributed by atoms with van der Waals surface area (Å²) in [5.41, 5.74) is 2.57. The second-order valence-corrected chi connectivity index (χ2v) is 5.59. The zero-order chi connectivity index (χ0) is 12.8. The fourth-order valence-corrected chi connectivity index (χ4v) is 2.83. The van der Waals surface area contributed by atoms with Crippen LogP contribution in [0.5, 0.6) is 0 Å². The summed E-state index contributed by atoms with van der Waals surface area (Å²) in [7, 11) is 0. The average molecular weight is 264 g/mol. The Morgan fingerprint density at radius 2 is 1.94 bits per heavy atom. The first-order chi connectivity index (χ1) is 8.75. The van der Waals surface area contributed by atoms with E-state index in [0.717, 1.165) is 31.9 Å². The number of nitrogens with one attached hydrogen (secondary N) is 1. The summed E-state index contributed by atoms with van der Waals surface area (Å²) in [4.78, 5) is 13.9. The van der Waals surface area contributed by atoms with Gasteiger partial charge in [-0.1, -0.05) is 29.8 Å². The van der Waals surface area contributed by atoms with E-state index >= 15 is 0 Å². The quantitative estimate of drug-likeness (QED) is 0.897. The molecule has 0 atom stereocenters. The Kier molecular flexibility index (Phi) is 5.08. The number of carbonyl (C=O) groups excluding carboxylic acids is 1. The predicted octanol–water partition coefficient (Wildman–Crippen LogP) is 1.66. The van der Waals surface area contributed by atoms with Gasteiger partial charge >= 0.3 is 0 Å². The molecule has 1 aliphatic rings. The Morgan fingerprint density at radius 1 is 1.28 bits per heavy atom. The molecule has 3 nitrogen and oxygen atoms in total. The minimum atomic E-state index is 0.272. The lowest BCUT2D eigenvalue weighted by Crippen LogP contribution is -2.47. The lowest BCUT2D eigenvalue weighted by Gasteiger charge is -2.27. The van der Waals surface area contributed by atoms with Gasteiger partial charge in [-0.25, -0.2) is 0 Å². The summed E-state index contributed by atoms with van der Waals surface area (Å²) in [6.45, 7) is 5.64. The lowest BCUT2D eigenvalue weighted by atomic mass is 10.2. The molecule has 1 heterocycles. The van der Waals surface area contributed by atoms with Crippen LogP contribution in [0.25, 0.3) is 0 Å². The lowest BCUT2D eigenvalue weighted by molar-refractivity contribution is -0.128. The van der Waals surface area contributed by atoms with E-state index in [4.69, 9.17) is 0 Å². The van der Waals surface area contributed by atoms with Crippen molar-refractivity contribution < 1.29 is 4.79 Å². The van der Waals surface area contributed by atoms with Crippen LogP contribution < -0.4 is 5.32 Å². The highest BCUT2D eigenvalue weighted by molar-refractivity contribution is 7.99. The summed E-state index contributed by atoms with van der Waals surface area (Å²) in [5, 5.41) is 3.26. The van der Waals surface area contributed by atoms with Gasteiger partial charge in [-0.15, -0.1) is 11.8 Å². The largest absolute Gasteiger partial charge is 0.339 e. The van der Waals surface area contributed by atoms with Crippen molar-refractivity contribution in [2.24, 2.45) is 0 Å². The standard InChI is InChI=1S/C14H20N2OS/c1-12-2-4-13(5-3-12)10-18-11-14(17)16-8-6-15-7-9-16/h2-5,15H,6-11H2,1H3. The van der Waals surface area contributed by atoms with Crippen LogP contribution in [-0.4, -0.2) is 42.7 Å². The first-order valence-corrected chi connectivity index (χ1v) is 7.53. The zero-order valence-electron chi connectivity index (χ0n) is 10.8. The molecular weight excluding hydrogens is 244 g/mol. The van der Waals surface area contributed by atoms with E-state index < -0.39 is 0 Å². The molecule has 0 aliphatic carbocycles. The third-order valence-corrected chi connectivity index (χ3v) is 4.07. The van der Waals surface area contributed by atoms with Crippen LogP contribution in [0.1, 0.15) is 11.1 Å². The predicted molar refractivity (Wildman–Crippen MR) is 76.8 cm³/mol. The maximum Gasteiger partial charge on any atom is 0.232 e. The van der Waals surface area contributed by atoms with Crippen LogP contribution in [0.3, 0.4) is 0 Å². The average Bonchev–Trinajstić information content (AvgIpc) is 2.42. The van der Waals surface area contributed by atoms with E-state index in [1.807, 2.05) is 4.90 Å². The van der Waals surface area contributed by atoms with Crippen molar-refractivity contribution in [2.45, 2.75) is 12.7 Å². The monoisotopic (exact) mass is 264 g/mol. The molecule has 1 aromatic carbocycles. The van der Waals surface area contributed by atoms with Gasteiger partial charge in [0.15, 0.2) is 0 Å². The molecule has 0 saturated carbocycles. The number of nitrogens with zero attached hydrogens (tertiary/aromatic N) is 1. The number of amides is 1. The van der Waals surface area contributed by atoms with E-state index in [9.17, 15) is 4.79 Å². The number of benzene rings is 1. The first-order valence-electron chi connectivity index (χ1n) is 6.37. The molecule has 1 aromatic rings. The molecule has 1 amide bonds. The number of hydrogen-bond acceptors (Lipinski definition) is 3. The second kappa shape index (κ2) is 6.81. The van der Waals surface area contributed by atoms with Gasteiger partial charge in [0.1, 0.15) is 0 Å². The minimum absolute atomic E-state index is 0.272. The van der Waals surface area contributed by atoms with Gasteiger partial charge < -0.3 is 10.2 Å². The minimum Gasteiger partial charge on any atom is -0.339 e. The summed E-state index contributed by atoms with van der Waals surface area (Å²) in [6.07, 6.45) is 0. The molecule has 0 spiro atoms. The Hall–Kier alpha value is -1.00. The van der Waals surface area contributed by atoms with Crippen molar-refractivity contribution in [3.05, 3.63) is 35.4 Å². The van der Waals surface area contributed by atoms with Crippen molar-refractivity contribution in [1.29, 1.82) is 0 Å². The number of rotatable bonds is 4. The maximum absolute atomic E-state index is 11.9. The van der Waals surface area contributed by atoms with Crippen molar-refractivity contribution in [2.75, 3.05) is 31.9 Å². The zero-order valence-corrected chi connectivity index (χ0v) is 11.6. The number of carbonyl (C=O) groups is 1. The Labute approximate surface area is 113 Å².